The van der Waals surface area contributed by atoms with Crippen molar-refractivity contribution in [2.24, 2.45) is 0 Å². The van der Waals surface area contributed by atoms with Gasteiger partial charge in [-0.2, -0.15) is 5.26 Å². The molecule has 0 aromatic heterocycles. The number of benzene rings is 1. The molecule has 1 unspecified atom stereocenters. The second kappa shape index (κ2) is 6.48. The van der Waals surface area contributed by atoms with E-state index in [4.69, 9.17) is 5.26 Å². The lowest BCUT2D eigenvalue weighted by Gasteiger charge is -2.13. The van der Waals surface area contributed by atoms with Gasteiger partial charge in [-0.25, -0.2) is 0 Å². The summed E-state index contributed by atoms with van der Waals surface area (Å²) >= 11 is 2.17. The maximum Gasteiger partial charge on any atom is 0.251 e. The number of carbonyl (C=O) groups is 1. The monoisotopic (exact) mass is 328 g/mol. The normalized spacial score (nSPS) is 11.6. The van der Waals surface area contributed by atoms with Gasteiger partial charge in [0.15, 0.2) is 0 Å². The minimum Gasteiger partial charge on any atom is -0.348 e. The van der Waals surface area contributed by atoms with Crippen LogP contribution in [-0.2, 0) is 0 Å². The SMILES string of the molecule is CCC(CC#N)NC(=O)c1cccc(I)c1. The van der Waals surface area contributed by atoms with Crippen molar-refractivity contribution in [3.63, 3.8) is 0 Å². The molecule has 3 nitrogen and oxygen atoms in total. The molecule has 4 heteroatoms. The second-order valence-corrected chi connectivity index (χ2v) is 4.70. The van der Waals surface area contributed by atoms with Gasteiger partial charge in [-0.05, 0) is 47.2 Å². The molecule has 0 saturated heterocycles. The van der Waals surface area contributed by atoms with Crippen LogP contribution in [0.3, 0.4) is 0 Å². The Hall–Kier alpha value is -1.09. The summed E-state index contributed by atoms with van der Waals surface area (Å²) in [5.74, 6) is -0.111. The molecular weight excluding hydrogens is 315 g/mol. The largest absolute Gasteiger partial charge is 0.348 e. The van der Waals surface area contributed by atoms with Crippen molar-refractivity contribution >= 4 is 28.5 Å². The first kappa shape index (κ1) is 13.0. The summed E-state index contributed by atoms with van der Waals surface area (Å²) in [5, 5.41) is 11.4. The van der Waals surface area contributed by atoms with Crippen LogP contribution in [-0.4, -0.2) is 11.9 Å². The van der Waals surface area contributed by atoms with Crippen LogP contribution in [0.1, 0.15) is 30.1 Å². The summed E-state index contributed by atoms with van der Waals surface area (Å²) in [6, 6.07) is 9.40. The van der Waals surface area contributed by atoms with Crippen LogP contribution in [0.2, 0.25) is 0 Å². The van der Waals surface area contributed by atoms with Crippen molar-refractivity contribution in [1.82, 2.24) is 5.32 Å². The van der Waals surface area contributed by atoms with E-state index in [1.807, 2.05) is 25.1 Å². The lowest BCUT2D eigenvalue weighted by molar-refractivity contribution is 0.0936. The molecule has 1 aromatic rings. The predicted octanol–water partition coefficient (Wildman–Crippen LogP) is 2.71. The third-order valence-electron chi connectivity index (χ3n) is 2.25. The number of halogens is 1. The highest BCUT2D eigenvalue weighted by Gasteiger charge is 2.11. The highest BCUT2D eigenvalue weighted by molar-refractivity contribution is 14.1. The minimum atomic E-state index is -0.111. The zero-order valence-corrected chi connectivity index (χ0v) is 11.2. The number of nitrogens with zero attached hydrogens (tertiary/aromatic N) is 1. The van der Waals surface area contributed by atoms with E-state index in [2.05, 4.69) is 34.0 Å². The molecule has 0 aliphatic carbocycles. The zero-order valence-electron chi connectivity index (χ0n) is 9.03. The first-order valence-corrected chi connectivity index (χ1v) is 6.18. The number of carbonyl (C=O) groups excluding carboxylic acids is 1. The topological polar surface area (TPSA) is 52.9 Å². The average molecular weight is 328 g/mol. The van der Waals surface area contributed by atoms with Gasteiger partial charge in [-0.15, -0.1) is 0 Å². The Bertz CT molecular complexity index is 412. The molecule has 0 fully saturated rings. The number of nitriles is 1. The van der Waals surface area contributed by atoms with Crippen LogP contribution in [0.15, 0.2) is 24.3 Å². The fourth-order valence-corrected chi connectivity index (χ4v) is 1.85. The highest BCUT2D eigenvalue weighted by Crippen LogP contribution is 2.08. The van der Waals surface area contributed by atoms with Gasteiger partial charge in [0.05, 0.1) is 12.5 Å². The van der Waals surface area contributed by atoms with Crippen molar-refractivity contribution in [3.05, 3.63) is 33.4 Å². The summed E-state index contributed by atoms with van der Waals surface area (Å²) < 4.78 is 1.03. The molecule has 1 amide bonds. The molecule has 1 atom stereocenters. The number of amides is 1. The van der Waals surface area contributed by atoms with Crippen molar-refractivity contribution in [1.29, 1.82) is 5.26 Å². The van der Waals surface area contributed by atoms with E-state index < -0.39 is 0 Å². The maximum absolute atomic E-state index is 11.8. The summed E-state index contributed by atoms with van der Waals surface area (Å²) in [4.78, 5) is 11.8. The number of nitrogens with one attached hydrogen (secondary N) is 1. The van der Waals surface area contributed by atoms with E-state index in [0.717, 1.165) is 9.99 Å². The molecular formula is C12H13IN2O. The van der Waals surface area contributed by atoms with Crippen LogP contribution >= 0.6 is 22.6 Å². The summed E-state index contributed by atoms with van der Waals surface area (Å²) in [5.41, 5.74) is 0.642. The smallest absolute Gasteiger partial charge is 0.251 e. The van der Waals surface area contributed by atoms with E-state index >= 15 is 0 Å². The highest BCUT2D eigenvalue weighted by atomic mass is 127. The summed E-state index contributed by atoms with van der Waals surface area (Å²) in [6.45, 7) is 1.96. The summed E-state index contributed by atoms with van der Waals surface area (Å²) in [6.07, 6.45) is 1.12. The molecule has 1 rings (SSSR count). The molecule has 84 valence electrons. The van der Waals surface area contributed by atoms with E-state index in [1.54, 1.807) is 6.07 Å². The lowest BCUT2D eigenvalue weighted by atomic mass is 10.1. The first-order valence-electron chi connectivity index (χ1n) is 5.10. The van der Waals surface area contributed by atoms with Crippen LogP contribution in [0.25, 0.3) is 0 Å². The van der Waals surface area contributed by atoms with E-state index in [1.165, 1.54) is 0 Å². The lowest BCUT2D eigenvalue weighted by Crippen LogP contribution is -2.34. The Morgan fingerprint density at radius 3 is 2.94 bits per heavy atom. The Morgan fingerprint density at radius 2 is 2.38 bits per heavy atom. The Labute approximate surface area is 109 Å². The summed E-state index contributed by atoms with van der Waals surface area (Å²) in [7, 11) is 0. The van der Waals surface area contributed by atoms with Gasteiger partial charge in [0.1, 0.15) is 0 Å². The molecule has 1 aromatic carbocycles. The molecule has 0 saturated carbocycles. The Morgan fingerprint density at radius 1 is 1.62 bits per heavy atom. The van der Waals surface area contributed by atoms with Crippen LogP contribution in [0.4, 0.5) is 0 Å². The molecule has 1 N–H and O–H groups in total. The zero-order chi connectivity index (χ0) is 12.0. The standard InChI is InChI=1S/C12H13IN2O/c1-2-11(6-7-14)15-12(16)9-4-3-5-10(13)8-9/h3-5,8,11H,2,6H2,1H3,(H,15,16). The molecule has 0 spiro atoms. The van der Waals surface area contributed by atoms with Gasteiger partial charge in [-0.3, -0.25) is 4.79 Å². The third kappa shape index (κ3) is 3.81. The van der Waals surface area contributed by atoms with Crippen molar-refractivity contribution in [2.45, 2.75) is 25.8 Å². The van der Waals surface area contributed by atoms with E-state index in [0.29, 0.717) is 12.0 Å². The maximum atomic E-state index is 11.8. The molecule has 0 heterocycles. The van der Waals surface area contributed by atoms with Crippen LogP contribution in [0.5, 0.6) is 0 Å². The molecule has 0 aliphatic heterocycles. The van der Waals surface area contributed by atoms with Crippen LogP contribution < -0.4 is 5.32 Å². The van der Waals surface area contributed by atoms with Gasteiger partial charge < -0.3 is 5.32 Å². The fourth-order valence-electron chi connectivity index (χ4n) is 1.31. The van der Waals surface area contributed by atoms with Gasteiger partial charge in [0, 0.05) is 15.2 Å². The quantitative estimate of drug-likeness (QED) is 0.864. The van der Waals surface area contributed by atoms with Crippen molar-refractivity contribution < 1.29 is 4.79 Å². The molecule has 16 heavy (non-hydrogen) atoms. The number of hydrogen-bond acceptors (Lipinski definition) is 2. The first-order chi connectivity index (χ1) is 7.67. The van der Waals surface area contributed by atoms with E-state index in [-0.39, 0.29) is 11.9 Å². The number of hydrogen-bond donors (Lipinski definition) is 1. The van der Waals surface area contributed by atoms with Crippen molar-refractivity contribution in [2.75, 3.05) is 0 Å². The van der Waals surface area contributed by atoms with Crippen LogP contribution in [0, 0.1) is 14.9 Å². The minimum absolute atomic E-state index is 0.0598. The Kier molecular flexibility index (Phi) is 5.26. The fraction of sp³-hybridized carbons (Fsp3) is 0.333. The van der Waals surface area contributed by atoms with Gasteiger partial charge >= 0.3 is 0 Å². The second-order valence-electron chi connectivity index (χ2n) is 3.45. The molecule has 0 bridgehead atoms. The van der Waals surface area contributed by atoms with E-state index in [9.17, 15) is 4.79 Å². The third-order valence-corrected chi connectivity index (χ3v) is 2.92. The number of rotatable bonds is 4. The molecule has 0 aliphatic rings. The van der Waals surface area contributed by atoms with Gasteiger partial charge in [-0.1, -0.05) is 13.0 Å². The van der Waals surface area contributed by atoms with Gasteiger partial charge in [0.2, 0.25) is 0 Å². The van der Waals surface area contributed by atoms with Gasteiger partial charge in [0.25, 0.3) is 5.91 Å². The average Bonchev–Trinajstić information content (AvgIpc) is 2.28. The van der Waals surface area contributed by atoms with Crippen molar-refractivity contribution in [3.8, 4) is 6.07 Å². The predicted molar refractivity (Wildman–Crippen MR) is 70.9 cm³/mol. The molecule has 0 radical (unpaired) electrons. The Balaban J connectivity index is 2.68.